The zero-order chi connectivity index (χ0) is 23.3. The summed E-state index contributed by atoms with van der Waals surface area (Å²) in [5, 5.41) is 17.8. The molecule has 2 unspecified atom stereocenters. The van der Waals surface area contributed by atoms with Crippen LogP contribution in [-0.4, -0.2) is 51.6 Å². The van der Waals surface area contributed by atoms with E-state index >= 15 is 0 Å². The number of benzene rings is 1. The Kier molecular flexibility index (Phi) is 6.47. The minimum atomic E-state index is -1.36. The van der Waals surface area contributed by atoms with Crippen molar-refractivity contribution in [3.05, 3.63) is 65.5 Å². The van der Waals surface area contributed by atoms with Gasteiger partial charge in [-0.25, -0.2) is 4.79 Å². The lowest BCUT2D eigenvalue weighted by molar-refractivity contribution is -0.138. The lowest BCUT2D eigenvalue weighted by atomic mass is 9.91. The second kappa shape index (κ2) is 9.25. The van der Waals surface area contributed by atoms with E-state index in [4.69, 9.17) is 10.9 Å². The number of nitrogens with two attached hydrogens (primary N) is 1. The number of nitrogens with one attached hydrogen (secondary N) is 2. The molecule has 2 atom stereocenters. The van der Waals surface area contributed by atoms with E-state index in [9.17, 15) is 19.2 Å². The van der Waals surface area contributed by atoms with Crippen LogP contribution < -0.4 is 16.5 Å². The molecule has 1 aliphatic rings. The number of nitrogens with zero attached hydrogens (tertiary/aromatic N) is 3. The van der Waals surface area contributed by atoms with Crippen LogP contribution in [0.5, 0.6) is 0 Å². The van der Waals surface area contributed by atoms with E-state index in [2.05, 4.69) is 20.7 Å². The predicted octanol–water partition coefficient (Wildman–Crippen LogP) is 0.473. The fraction of sp³-hybridized carbons (Fsp3) is 0.238. The third-order valence-corrected chi connectivity index (χ3v) is 5.09. The SMILES string of the molecule is CC1(c2ccc(/C=N/N)cc2)NC(=O)N(CC(=O)NC(CC(=O)O)c2cccnc2)C1=O. The number of pyridine rings is 1. The van der Waals surface area contributed by atoms with E-state index < -0.39 is 41.9 Å². The molecule has 0 aliphatic carbocycles. The maximum Gasteiger partial charge on any atom is 0.325 e. The summed E-state index contributed by atoms with van der Waals surface area (Å²) < 4.78 is 0. The number of carbonyl (C=O) groups excluding carboxylic acids is 3. The number of aliphatic carboxylic acids is 1. The van der Waals surface area contributed by atoms with Gasteiger partial charge in [-0.1, -0.05) is 30.3 Å². The van der Waals surface area contributed by atoms with Crippen molar-refractivity contribution in [1.82, 2.24) is 20.5 Å². The van der Waals surface area contributed by atoms with E-state index in [1.807, 2.05) is 0 Å². The molecule has 0 radical (unpaired) electrons. The fourth-order valence-corrected chi connectivity index (χ4v) is 3.42. The predicted molar refractivity (Wildman–Crippen MR) is 113 cm³/mol. The summed E-state index contributed by atoms with van der Waals surface area (Å²) in [5.74, 6) is 2.73. The molecule has 0 bridgehead atoms. The largest absolute Gasteiger partial charge is 0.481 e. The first-order valence-corrected chi connectivity index (χ1v) is 9.63. The third kappa shape index (κ3) is 4.72. The molecule has 1 fully saturated rings. The van der Waals surface area contributed by atoms with E-state index in [1.54, 1.807) is 43.3 Å². The summed E-state index contributed by atoms with van der Waals surface area (Å²) in [6.07, 6.45) is 4.02. The minimum absolute atomic E-state index is 0.381. The average molecular weight is 438 g/mol. The number of hydrogen-bond donors (Lipinski definition) is 4. The molecule has 32 heavy (non-hydrogen) atoms. The van der Waals surface area contributed by atoms with Crippen molar-refractivity contribution in [2.24, 2.45) is 10.9 Å². The Bertz CT molecular complexity index is 1060. The van der Waals surface area contributed by atoms with Gasteiger partial charge >= 0.3 is 12.0 Å². The summed E-state index contributed by atoms with van der Waals surface area (Å²) in [6.45, 7) is 0.981. The monoisotopic (exact) mass is 438 g/mol. The molecule has 11 nitrogen and oxygen atoms in total. The van der Waals surface area contributed by atoms with Gasteiger partial charge in [0, 0.05) is 12.4 Å². The lowest BCUT2D eigenvalue weighted by Gasteiger charge is -2.23. The Balaban J connectivity index is 1.74. The quantitative estimate of drug-likeness (QED) is 0.201. The van der Waals surface area contributed by atoms with Gasteiger partial charge in [-0.2, -0.15) is 5.10 Å². The zero-order valence-corrected chi connectivity index (χ0v) is 17.2. The average Bonchev–Trinajstić information content (AvgIpc) is 2.98. The van der Waals surface area contributed by atoms with Crippen molar-refractivity contribution < 1.29 is 24.3 Å². The van der Waals surface area contributed by atoms with Gasteiger partial charge in [0.25, 0.3) is 5.91 Å². The molecular weight excluding hydrogens is 416 g/mol. The van der Waals surface area contributed by atoms with Crippen LogP contribution in [0.1, 0.15) is 36.1 Å². The topological polar surface area (TPSA) is 167 Å². The molecule has 1 aliphatic heterocycles. The molecule has 1 aromatic heterocycles. The van der Waals surface area contributed by atoms with Crippen LogP contribution in [0.2, 0.25) is 0 Å². The number of carbonyl (C=O) groups is 4. The summed E-state index contributed by atoms with van der Waals surface area (Å²) in [6, 6.07) is 8.35. The number of hydrazone groups is 1. The highest BCUT2D eigenvalue weighted by Gasteiger charge is 2.49. The normalized spacial score (nSPS) is 19.1. The summed E-state index contributed by atoms with van der Waals surface area (Å²) >= 11 is 0. The maximum absolute atomic E-state index is 13.0. The summed E-state index contributed by atoms with van der Waals surface area (Å²) in [4.78, 5) is 54.0. The van der Waals surface area contributed by atoms with Crippen molar-refractivity contribution >= 4 is 30.0 Å². The Morgan fingerprint density at radius 2 is 2.03 bits per heavy atom. The third-order valence-electron chi connectivity index (χ3n) is 5.09. The number of imide groups is 1. The van der Waals surface area contributed by atoms with E-state index in [1.165, 1.54) is 18.6 Å². The summed E-state index contributed by atoms with van der Waals surface area (Å²) in [7, 11) is 0. The Morgan fingerprint density at radius 3 is 2.62 bits per heavy atom. The van der Waals surface area contributed by atoms with Crippen LogP contribution in [0.15, 0.2) is 53.9 Å². The van der Waals surface area contributed by atoms with Gasteiger partial charge in [-0.05, 0) is 29.7 Å². The van der Waals surface area contributed by atoms with Crippen LogP contribution >= 0.6 is 0 Å². The van der Waals surface area contributed by atoms with Gasteiger partial charge in [-0.15, -0.1) is 0 Å². The van der Waals surface area contributed by atoms with Gasteiger partial charge in [0.15, 0.2) is 0 Å². The highest BCUT2D eigenvalue weighted by molar-refractivity contribution is 6.09. The van der Waals surface area contributed by atoms with E-state index in [-0.39, 0.29) is 6.42 Å². The highest BCUT2D eigenvalue weighted by Crippen LogP contribution is 2.29. The molecule has 4 amide bonds. The van der Waals surface area contributed by atoms with Gasteiger partial charge < -0.3 is 21.6 Å². The number of rotatable bonds is 8. The van der Waals surface area contributed by atoms with Crippen molar-refractivity contribution in [2.75, 3.05) is 6.54 Å². The molecule has 2 aromatic rings. The van der Waals surface area contributed by atoms with Gasteiger partial charge in [0.2, 0.25) is 5.91 Å². The van der Waals surface area contributed by atoms with Crippen LogP contribution in [-0.2, 0) is 19.9 Å². The number of urea groups is 1. The van der Waals surface area contributed by atoms with Crippen molar-refractivity contribution in [3.8, 4) is 0 Å². The standard InChI is InChI=1S/C21H22N6O5/c1-21(15-6-4-13(5-7-15)10-24-22)19(31)27(20(32)26-21)12-17(28)25-16(9-18(29)30)14-3-2-8-23-11-14/h2-8,10-11,16H,9,12,22H2,1H3,(H,25,28)(H,26,32)(H,29,30)/b24-10+. The first-order chi connectivity index (χ1) is 15.2. The number of carboxylic acids is 1. The minimum Gasteiger partial charge on any atom is -0.481 e. The highest BCUT2D eigenvalue weighted by atomic mass is 16.4. The molecule has 1 aromatic carbocycles. The number of carboxylic acid groups (broad SMARTS) is 1. The van der Waals surface area contributed by atoms with Crippen LogP contribution in [0, 0.1) is 0 Å². The van der Waals surface area contributed by atoms with Crippen molar-refractivity contribution in [1.29, 1.82) is 0 Å². The van der Waals surface area contributed by atoms with Crippen molar-refractivity contribution in [3.63, 3.8) is 0 Å². The number of hydrogen-bond acceptors (Lipinski definition) is 7. The number of amides is 4. The number of aromatic nitrogens is 1. The molecule has 1 saturated heterocycles. The molecule has 0 spiro atoms. The Morgan fingerprint density at radius 1 is 1.31 bits per heavy atom. The van der Waals surface area contributed by atoms with E-state index in [0.717, 1.165) is 4.90 Å². The Labute approximate surface area is 183 Å². The van der Waals surface area contributed by atoms with Crippen LogP contribution in [0.25, 0.3) is 0 Å². The summed E-state index contributed by atoms with van der Waals surface area (Å²) in [5.41, 5.74) is 0.366. The molecular formula is C21H22N6O5. The van der Waals surface area contributed by atoms with E-state index in [0.29, 0.717) is 16.7 Å². The second-order valence-corrected chi connectivity index (χ2v) is 7.35. The molecule has 0 saturated carbocycles. The maximum atomic E-state index is 13.0. The van der Waals surface area contributed by atoms with Gasteiger partial charge in [0.1, 0.15) is 12.1 Å². The lowest BCUT2D eigenvalue weighted by Crippen LogP contribution is -2.44. The van der Waals surface area contributed by atoms with Crippen LogP contribution in [0.4, 0.5) is 4.79 Å². The van der Waals surface area contributed by atoms with Crippen LogP contribution in [0.3, 0.4) is 0 Å². The van der Waals surface area contributed by atoms with Crippen molar-refractivity contribution in [2.45, 2.75) is 24.9 Å². The molecule has 166 valence electrons. The molecule has 5 N–H and O–H groups in total. The Hall–Kier alpha value is -4.28. The smallest absolute Gasteiger partial charge is 0.325 e. The first kappa shape index (κ1) is 22.4. The fourth-order valence-electron chi connectivity index (χ4n) is 3.42. The van der Waals surface area contributed by atoms with Gasteiger partial charge in [-0.3, -0.25) is 24.3 Å². The van der Waals surface area contributed by atoms with Gasteiger partial charge in [0.05, 0.1) is 18.7 Å². The zero-order valence-electron chi connectivity index (χ0n) is 17.2. The first-order valence-electron chi connectivity index (χ1n) is 9.63. The molecule has 3 rings (SSSR count). The molecule has 11 heteroatoms. The molecule has 2 heterocycles. The second-order valence-electron chi connectivity index (χ2n) is 7.35.